The molecule has 6 nitrogen and oxygen atoms in total. The molecule has 0 aliphatic heterocycles. The molecule has 0 atom stereocenters. The highest BCUT2D eigenvalue weighted by Gasteiger charge is 2.21. The third-order valence-electron chi connectivity index (χ3n) is 3.10. The van der Waals surface area contributed by atoms with Crippen molar-refractivity contribution >= 4 is 88.0 Å². The number of rotatable bonds is 6. The van der Waals surface area contributed by atoms with Gasteiger partial charge in [-0.3, -0.25) is 0 Å². The molecule has 26 heavy (non-hydrogen) atoms. The largest absolute Gasteiger partial charge is 0.313 e. The van der Waals surface area contributed by atoms with Gasteiger partial charge in [0.05, 0.1) is 23.7 Å². The Morgan fingerprint density at radius 2 is 1.08 bits per heavy atom. The summed E-state index contributed by atoms with van der Waals surface area (Å²) in [6.45, 7) is 0. The second-order valence-electron chi connectivity index (χ2n) is 4.73. The minimum absolute atomic E-state index is 0.201. The van der Waals surface area contributed by atoms with Gasteiger partial charge in [0.1, 0.15) is 9.79 Å². The molecule has 0 aromatic heterocycles. The van der Waals surface area contributed by atoms with Crippen molar-refractivity contribution in [2.45, 2.75) is 9.79 Å². The van der Waals surface area contributed by atoms with E-state index in [2.05, 4.69) is 39.3 Å². The third-order valence-corrected chi connectivity index (χ3v) is 7.20. The molecular formula is C14H8Br2Cl2O6S2. The molecule has 0 unspecified atom stereocenters. The Hall–Kier alpha value is -0.460. The fourth-order valence-electron chi connectivity index (χ4n) is 1.97. The summed E-state index contributed by atoms with van der Waals surface area (Å²) >= 11 is 16.4. The Labute approximate surface area is 177 Å². The average molecular weight is 567 g/mol. The van der Waals surface area contributed by atoms with Gasteiger partial charge < -0.3 is 0 Å². The van der Waals surface area contributed by atoms with Crippen LogP contribution in [0, 0.1) is 0 Å². The van der Waals surface area contributed by atoms with E-state index in [0.717, 1.165) is 0 Å². The van der Waals surface area contributed by atoms with Crippen LogP contribution in [0.4, 0.5) is 0 Å². The Morgan fingerprint density at radius 3 is 1.38 bits per heavy atom. The molecule has 0 saturated carbocycles. The van der Waals surface area contributed by atoms with Gasteiger partial charge in [-0.1, -0.05) is 56.1 Å². The van der Waals surface area contributed by atoms with Gasteiger partial charge in [-0.2, -0.15) is 24.3 Å². The first-order valence-corrected chi connectivity index (χ1v) is 11.5. The van der Waals surface area contributed by atoms with Crippen LogP contribution in [0.5, 0.6) is 0 Å². The maximum atomic E-state index is 12.0. The number of hydrogen-bond acceptors (Lipinski definition) is 6. The second kappa shape index (κ2) is 8.70. The van der Waals surface area contributed by atoms with E-state index in [0.29, 0.717) is 8.95 Å². The van der Waals surface area contributed by atoms with Gasteiger partial charge in [0.25, 0.3) is 0 Å². The summed E-state index contributed by atoms with van der Waals surface area (Å²) in [6.07, 6.45) is 2.79. The predicted octanol–water partition coefficient (Wildman–Crippen LogP) is 5.10. The average Bonchev–Trinajstić information content (AvgIpc) is 2.61. The lowest BCUT2D eigenvalue weighted by molar-refractivity contribution is 0.506. The molecule has 0 fully saturated rings. The van der Waals surface area contributed by atoms with Crippen LogP contribution in [0.3, 0.4) is 0 Å². The highest BCUT2D eigenvalue weighted by Crippen LogP contribution is 2.28. The zero-order chi connectivity index (χ0) is 19.5. The summed E-state index contributed by atoms with van der Waals surface area (Å²) in [5.41, 5.74) is 0.457. The van der Waals surface area contributed by atoms with Crippen LogP contribution < -0.4 is 0 Å². The number of halogens is 4. The molecule has 2 aromatic rings. The highest BCUT2D eigenvalue weighted by molar-refractivity contribution is 9.10. The van der Waals surface area contributed by atoms with Crippen molar-refractivity contribution in [3.05, 3.63) is 56.5 Å². The van der Waals surface area contributed by atoms with E-state index in [1.807, 2.05) is 0 Å². The van der Waals surface area contributed by atoms with Gasteiger partial charge in [-0.25, -0.2) is 0 Å². The van der Waals surface area contributed by atoms with E-state index in [9.17, 15) is 16.8 Å². The molecule has 0 aliphatic rings. The van der Waals surface area contributed by atoms with Gasteiger partial charge in [-0.05, 0) is 35.4 Å². The van der Waals surface area contributed by atoms with Crippen molar-refractivity contribution in [1.82, 2.24) is 0 Å². The quantitative estimate of drug-likeness (QED) is 0.452. The molecule has 2 rings (SSSR count). The third kappa shape index (κ3) is 5.08. The topological polar surface area (TPSA) is 86.7 Å². The van der Waals surface area contributed by atoms with Crippen LogP contribution in [0.15, 0.2) is 55.1 Å². The monoisotopic (exact) mass is 564 g/mol. The molecule has 0 spiro atoms. The fourth-order valence-corrected chi connectivity index (χ4v) is 4.93. The van der Waals surface area contributed by atoms with Crippen molar-refractivity contribution in [3.63, 3.8) is 0 Å². The molecule has 0 amide bonds. The van der Waals surface area contributed by atoms with Crippen LogP contribution in [0.1, 0.15) is 11.1 Å². The molecule has 0 heterocycles. The highest BCUT2D eigenvalue weighted by atomic mass is 79.9. The Morgan fingerprint density at radius 1 is 0.731 bits per heavy atom. The van der Waals surface area contributed by atoms with Gasteiger partial charge in [0.2, 0.25) is 0 Å². The summed E-state index contributed by atoms with van der Waals surface area (Å²) in [5, 5.41) is 0. The van der Waals surface area contributed by atoms with Crippen molar-refractivity contribution < 1.29 is 24.3 Å². The number of benzene rings is 2. The number of hydrogen-bond donors (Lipinski definition) is 0. The van der Waals surface area contributed by atoms with E-state index < -0.39 is 20.2 Å². The van der Waals surface area contributed by atoms with Crippen molar-refractivity contribution in [3.8, 4) is 0 Å². The van der Waals surface area contributed by atoms with Crippen LogP contribution in [0.2, 0.25) is 0 Å². The zero-order valence-electron chi connectivity index (χ0n) is 12.4. The van der Waals surface area contributed by atoms with Gasteiger partial charge in [0, 0.05) is 8.95 Å². The van der Waals surface area contributed by atoms with Crippen molar-refractivity contribution in [1.29, 1.82) is 0 Å². The second-order valence-corrected chi connectivity index (χ2v) is 10.3. The van der Waals surface area contributed by atoms with Crippen LogP contribution >= 0.6 is 55.6 Å². The van der Waals surface area contributed by atoms with E-state index in [4.69, 9.17) is 23.7 Å². The Kier molecular flexibility index (Phi) is 7.30. The maximum Gasteiger partial charge on any atom is 0.313 e. The summed E-state index contributed by atoms with van der Waals surface area (Å²) in [4.78, 5) is -0.401. The van der Waals surface area contributed by atoms with Crippen molar-refractivity contribution in [2.75, 3.05) is 0 Å². The SMILES string of the molecule is O=S(=O)(OCl)c1cc(Br)ccc1/C=C/c1ccc(Br)cc1S(=O)(=O)OCl. The standard InChI is InChI=1S/C14H8Br2Cl2O6S2/c15-11-5-3-9(13(7-11)25(19,20)23-17)1-2-10-4-6-12(16)8-14(10)26(21,22)24-18/h1-8H/b2-1+. The molecule has 0 radical (unpaired) electrons. The molecule has 0 bridgehead atoms. The first-order chi connectivity index (χ1) is 12.1. The minimum atomic E-state index is -4.19. The predicted molar refractivity (Wildman–Crippen MR) is 105 cm³/mol. The van der Waals surface area contributed by atoms with Gasteiger partial charge in [0.15, 0.2) is 0 Å². The molecule has 0 N–H and O–H groups in total. The first-order valence-electron chi connectivity index (χ1n) is 6.48. The van der Waals surface area contributed by atoms with Gasteiger partial charge in [-0.15, -0.1) is 0 Å². The smallest absolute Gasteiger partial charge is 0.193 e. The van der Waals surface area contributed by atoms with E-state index in [-0.39, 0.29) is 20.9 Å². The van der Waals surface area contributed by atoms with Crippen LogP contribution in [-0.4, -0.2) is 16.8 Å². The molecule has 12 heteroatoms. The zero-order valence-corrected chi connectivity index (χ0v) is 18.7. The molecule has 2 aromatic carbocycles. The normalized spacial score (nSPS) is 12.6. The minimum Gasteiger partial charge on any atom is -0.193 e. The Bertz CT molecular complexity index is 983. The fraction of sp³-hybridized carbons (Fsp3) is 0. The van der Waals surface area contributed by atoms with E-state index in [1.54, 1.807) is 12.1 Å². The van der Waals surface area contributed by atoms with Gasteiger partial charge >= 0.3 is 20.2 Å². The van der Waals surface area contributed by atoms with Crippen LogP contribution in [0.25, 0.3) is 12.2 Å². The molecular weight excluding hydrogens is 559 g/mol. The van der Waals surface area contributed by atoms with E-state index in [1.165, 1.54) is 36.4 Å². The summed E-state index contributed by atoms with van der Waals surface area (Å²) in [7, 11) is -8.39. The lowest BCUT2D eigenvalue weighted by atomic mass is 10.1. The lowest BCUT2D eigenvalue weighted by Gasteiger charge is -2.07. The summed E-state index contributed by atoms with van der Waals surface area (Å²) in [5.74, 6) is 0. The van der Waals surface area contributed by atoms with Crippen LogP contribution in [-0.2, 0) is 27.7 Å². The maximum absolute atomic E-state index is 12.0. The first kappa shape index (κ1) is 21.8. The summed E-state index contributed by atoms with van der Waals surface area (Å²) < 4.78 is 56.9. The molecule has 0 saturated heterocycles. The van der Waals surface area contributed by atoms with Crippen molar-refractivity contribution in [2.24, 2.45) is 0 Å². The molecule has 140 valence electrons. The lowest BCUT2D eigenvalue weighted by Crippen LogP contribution is -2.03. The summed E-state index contributed by atoms with van der Waals surface area (Å²) in [6, 6.07) is 8.81. The Balaban J connectivity index is 2.60. The molecule has 0 aliphatic carbocycles. The van der Waals surface area contributed by atoms with E-state index >= 15 is 0 Å².